The lowest BCUT2D eigenvalue weighted by Crippen LogP contribution is -2.42. The number of aliphatic imine (C=N–C) groups is 1. The number of carbonyl (C=O) groups is 3. The van der Waals surface area contributed by atoms with Gasteiger partial charge in [0.05, 0.1) is 0 Å². The van der Waals surface area contributed by atoms with Crippen LogP contribution in [0, 0.1) is 0 Å². The van der Waals surface area contributed by atoms with Gasteiger partial charge in [0.25, 0.3) is 5.91 Å². The molecule has 1 rings (SSSR count). The predicted octanol–water partition coefficient (Wildman–Crippen LogP) is 0.375. The number of carboxylic acid groups (broad SMARTS) is 1. The lowest BCUT2D eigenvalue weighted by molar-refractivity contribution is -0.138. The van der Waals surface area contributed by atoms with Crippen molar-refractivity contribution in [2.75, 3.05) is 5.75 Å². The average Bonchev–Trinajstić information content (AvgIpc) is 2.42. The molecule has 6 nitrogen and oxygen atoms in total. The van der Waals surface area contributed by atoms with E-state index in [2.05, 4.69) is 22.9 Å². The first-order chi connectivity index (χ1) is 9.08. The van der Waals surface area contributed by atoms with E-state index in [0.29, 0.717) is 17.5 Å². The van der Waals surface area contributed by atoms with E-state index in [1.54, 1.807) is 12.1 Å². The molecular weight excluding hydrogens is 268 g/mol. The maximum Gasteiger partial charge on any atom is 0.327 e. The molecule has 0 spiro atoms. The summed E-state index contributed by atoms with van der Waals surface area (Å²) in [6.07, 6.45) is 1.76. The topological polar surface area (TPSA) is 95.8 Å². The van der Waals surface area contributed by atoms with Gasteiger partial charge in [-0.25, -0.2) is 9.79 Å². The van der Waals surface area contributed by atoms with E-state index in [0.717, 1.165) is 0 Å². The number of benzene rings is 1. The van der Waals surface area contributed by atoms with Crippen LogP contribution in [0.25, 0.3) is 0 Å². The van der Waals surface area contributed by atoms with Crippen LogP contribution in [0.15, 0.2) is 29.3 Å². The summed E-state index contributed by atoms with van der Waals surface area (Å²) in [6.45, 7) is 0. The monoisotopic (exact) mass is 280 g/mol. The molecule has 0 radical (unpaired) electrons. The standard InChI is InChI=1S/C12H12N2O4S/c15-7-13-5-8-1-3-9(4-2-8)11(16)14-10(6-19)12(17)18/h1-5,7,10,19H,6H2,(H,14,16)(H,17,18)/b13-5-. The number of thiol groups is 1. The highest BCUT2D eigenvalue weighted by Crippen LogP contribution is 2.03. The van der Waals surface area contributed by atoms with Crippen LogP contribution in [-0.4, -0.2) is 41.4 Å². The number of hydrogen-bond donors (Lipinski definition) is 3. The van der Waals surface area contributed by atoms with Crippen molar-refractivity contribution in [1.29, 1.82) is 0 Å². The van der Waals surface area contributed by atoms with E-state index < -0.39 is 17.9 Å². The number of rotatable bonds is 6. The molecule has 1 unspecified atom stereocenters. The Morgan fingerprint density at radius 1 is 1.37 bits per heavy atom. The lowest BCUT2D eigenvalue weighted by atomic mass is 10.1. The first-order valence-corrected chi connectivity index (χ1v) is 5.93. The van der Waals surface area contributed by atoms with E-state index in [1.165, 1.54) is 18.3 Å². The summed E-state index contributed by atoms with van der Waals surface area (Å²) in [5, 5.41) is 11.1. The van der Waals surface area contributed by atoms with Crippen LogP contribution >= 0.6 is 12.6 Å². The van der Waals surface area contributed by atoms with Gasteiger partial charge >= 0.3 is 5.97 Å². The fourth-order valence-electron chi connectivity index (χ4n) is 1.26. The van der Waals surface area contributed by atoms with E-state index in [1.807, 2.05) is 0 Å². The normalized spacial score (nSPS) is 12.1. The molecule has 0 aliphatic rings. The molecule has 0 aromatic heterocycles. The average molecular weight is 280 g/mol. The zero-order chi connectivity index (χ0) is 14.3. The molecule has 0 saturated heterocycles. The van der Waals surface area contributed by atoms with Crippen LogP contribution < -0.4 is 5.32 Å². The van der Waals surface area contributed by atoms with Gasteiger partial charge in [-0.1, -0.05) is 12.1 Å². The van der Waals surface area contributed by atoms with Gasteiger partial charge in [-0.05, 0) is 17.7 Å². The van der Waals surface area contributed by atoms with Crippen LogP contribution in [0.1, 0.15) is 15.9 Å². The van der Waals surface area contributed by atoms with E-state index in [4.69, 9.17) is 5.11 Å². The molecule has 0 heterocycles. The molecule has 2 amide bonds. The van der Waals surface area contributed by atoms with Crippen LogP contribution in [-0.2, 0) is 9.59 Å². The third-order valence-electron chi connectivity index (χ3n) is 2.24. The van der Waals surface area contributed by atoms with Gasteiger partial charge in [-0.15, -0.1) is 0 Å². The maximum atomic E-state index is 11.7. The fraction of sp³-hybridized carbons (Fsp3) is 0.167. The highest BCUT2D eigenvalue weighted by Gasteiger charge is 2.18. The van der Waals surface area contributed by atoms with Gasteiger partial charge in [0.1, 0.15) is 6.04 Å². The summed E-state index contributed by atoms with van der Waals surface area (Å²) in [5.74, 6) is -1.64. The molecule has 1 aromatic rings. The van der Waals surface area contributed by atoms with Gasteiger partial charge in [-0.3, -0.25) is 9.59 Å². The number of carbonyl (C=O) groups excluding carboxylic acids is 2. The molecule has 100 valence electrons. The Balaban J connectivity index is 2.75. The second-order valence-electron chi connectivity index (χ2n) is 3.55. The highest BCUT2D eigenvalue weighted by molar-refractivity contribution is 7.80. The van der Waals surface area contributed by atoms with Crippen molar-refractivity contribution < 1.29 is 19.5 Å². The molecule has 19 heavy (non-hydrogen) atoms. The predicted molar refractivity (Wildman–Crippen MR) is 72.8 cm³/mol. The van der Waals surface area contributed by atoms with Crippen molar-refractivity contribution in [3.63, 3.8) is 0 Å². The molecule has 0 aliphatic carbocycles. The number of nitrogens with one attached hydrogen (secondary N) is 1. The van der Waals surface area contributed by atoms with E-state index in [9.17, 15) is 14.4 Å². The molecule has 1 aromatic carbocycles. The van der Waals surface area contributed by atoms with Gasteiger partial charge in [0.2, 0.25) is 6.41 Å². The van der Waals surface area contributed by atoms with E-state index >= 15 is 0 Å². The minimum atomic E-state index is -1.14. The smallest absolute Gasteiger partial charge is 0.327 e. The summed E-state index contributed by atoms with van der Waals surface area (Å²) in [6, 6.07) is 5.18. The Labute approximate surface area is 115 Å². The molecule has 0 fully saturated rings. The quantitative estimate of drug-likeness (QED) is 0.398. The van der Waals surface area contributed by atoms with Crippen molar-refractivity contribution in [2.45, 2.75) is 6.04 Å². The van der Waals surface area contributed by atoms with Crippen LogP contribution in [0.5, 0.6) is 0 Å². The van der Waals surface area contributed by atoms with Gasteiger partial charge in [0, 0.05) is 17.5 Å². The van der Waals surface area contributed by atoms with Crippen LogP contribution in [0.3, 0.4) is 0 Å². The molecule has 2 N–H and O–H groups in total. The second kappa shape index (κ2) is 7.32. The van der Waals surface area contributed by atoms with Gasteiger partial charge in [0.15, 0.2) is 0 Å². The van der Waals surface area contributed by atoms with Gasteiger partial charge in [-0.2, -0.15) is 12.6 Å². The maximum absolute atomic E-state index is 11.7. The first kappa shape index (κ1) is 14.9. The first-order valence-electron chi connectivity index (χ1n) is 5.30. The van der Waals surface area contributed by atoms with Crippen molar-refractivity contribution >= 4 is 37.1 Å². The molecule has 0 aliphatic heterocycles. The largest absolute Gasteiger partial charge is 0.480 e. The Hall–Kier alpha value is -2.15. The van der Waals surface area contributed by atoms with Crippen molar-refractivity contribution in [1.82, 2.24) is 5.32 Å². The molecular formula is C12H12N2O4S. The number of nitrogens with zero attached hydrogens (tertiary/aromatic N) is 1. The fourth-order valence-corrected chi connectivity index (χ4v) is 1.51. The Bertz CT molecular complexity index is 499. The molecule has 0 saturated carbocycles. The number of carboxylic acids is 1. The van der Waals surface area contributed by atoms with Crippen molar-refractivity contribution in [3.8, 4) is 0 Å². The summed E-state index contributed by atoms with van der Waals surface area (Å²) in [7, 11) is 0. The molecule has 1 atom stereocenters. The summed E-state index contributed by atoms with van der Waals surface area (Å²) in [4.78, 5) is 36.0. The van der Waals surface area contributed by atoms with E-state index in [-0.39, 0.29) is 5.75 Å². The lowest BCUT2D eigenvalue weighted by Gasteiger charge is -2.11. The Morgan fingerprint density at radius 3 is 2.47 bits per heavy atom. The number of aliphatic carboxylic acids is 1. The summed E-state index contributed by atoms with van der Waals surface area (Å²) < 4.78 is 0. The third kappa shape index (κ3) is 4.55. The number of hydrogen-bond acceptors (Lipinski definition) is 4. The SMILES string of the molecule is O=C/N=C\c1ccc(C(=O)NC(CS)C(=O)O)cc1. The van der Waals surface area contributed by atoms with Crippen molar-refractivity contribution in [2.24, 2.45) is 4.99 Å². The zero-order valence-electron chi connectivity index (χ0n) is 9.81. The second-order valence-corrected chi connectivity index (χ2v) is 3.92. The summed E-state index contributed by atoms with van der Waals surface area (Å²) >= 11 is 3.85. The summed E-state index contributed by atoms with van der Waals surface area (Å²) in [5.41, 5.74) is 0.976. The Kier molecular flexibility index (Phi) is 5.74. The van der Waals surface area contributed by atoms with Crippen molar-refractivity contribution in [3.05, 3.63) is 35.4 Å². The Morgan fingerprint density at radius 2 is 2.00 bits per heavy atom. The zero-order valence-corrected chi connectivity index (χ0v) is 10.7. The minimum Gasteiger partial charge on any atom is -0.480 e. The molecule has 0 bridgehead atoms. The van der Waals surface area contributed by atoms with Crippen LogP contribution in [0.4, 0.5) is 0 Å². The minimum absolute atomic E-state index is 0.00511. The van der Waals surface area contributed by atoms with Gasteiger partial charge < -0.3 is 10.4 Å². The molecule has 7 heteroatoms. The number of amides is 2. The van der Waals surface area contributed by atoms with Crippen LogP contribution in [0.2, 0.25) is 0 Å². The highest BCUT2D eigenvalue weighted by atomic mass is 32.1. The third-order valence-corrected chi connectivity index (χ3v) is 2.61.